The van der Waals surface area contributed by atoms with E-state index in [4.69, 9.17) is 23.7 Å². The molecule has 0 aromatic carbocycles. The minimum Gasteiger partial charge on any atom is -0.479 e. The van der Waals surface area contributed by atoms with E-state index in [1.807, 2.05) is 0 Å². The van der Waals surface area contributed by atoms with Gasteiger partial charge in [0.05, 0.1) is 6.61 Å². The number of carboxylic acids is 1. The summed E-state index contributed by atoms with van der Waals surface area (Å²) in [7, 11) is 0. The molecule has 0 radical (unpaired) electrons. The fourth-order valence-electron chi connectivity index (χ4n) is 10.0. The molecule has 450 valence electrons. The van der Waals surface area contributed by atoms with Crippen molar-refractivity contribution < 1.29 is 58.2 Å². The highest BCUT2D eigenvalue weighted by Gasteiger charge is 2.50. The van der Waals surface area contributed by atoms with Gasteiger partial charge >= 0.3 is 23.9 Å². The Balaban J connectivity index is 2.65. The fraction of sp³-hybridized carbons (Fsp3) is 0.877. The SMILES string of the molecule is CCCCCCCC/C=C\CCCCCCCCCC(=O)OCC(COC1OC(C(=O)O)C(O)C(O)C1OC(=O)CCCCCCCCCCCCCCC)OC(=O)CCCCCCCCC/C=C\CCCCCCCC. The van der Waals surface area contributed by atoms with Gasteiger partial charge in [0.15, 0.2) is 24.6 Å². The molecule has 0 amide bonds. The zero-order valence-corrected chi connectivity index (χ0v) is 49.7. The van der Waals surface area contributed by atoms with E-state index in [0.717, 1.165) is 77.0 Å². The van der Waals surface area contributed by atoms with Crippen LogP contribution in [0.4, 0.5) is 0 Å². The quantitative estimate of drug-likeness (QED) is 0.0228. The van der Waals surface area contributed by atoms with Crippen molar-refractivity contribution in [1.29, 1.82) is 0 Å². The Labute approximate surface area is 470 Å². The van der Waals surface area contributed by atoms with Gasteiger partial charge in [-0.25, -0.2) is 4.79 Å². The number of hydrogen-bond donors (Lipinski definition) is 3. The molecule has 1 rings (SSSR count). The predicted molar refractivity (Wildman–Crippen MR) is 313 cm³/mol. The Kier molecular flexibility index (Phi) is 50.5. The molecule has 0 spiro atoms. The minimum atomic E-state index is -1.90. The molecule has 1 aliphatic heterocycles. The molecule has 1 fully saturated rings. The molecule has 77 heavy (non-hydrogen) atoms. The van der Waals surface area contributed by atoms with Gasteiger partial charge in [-0.05, 0) is 70.6 Å². The standard InChI is InChI=1S/C65H118O12/c1-4-7-10-13-16-19-22-25-27-29-31-34-36-39-42-45-48-51-57(66)73-54-56(75-58(67)52-49-46-43-40-38-35-32-30-28-26-23-20-17-14-11-8-5-2)55-74-65-63(61(70)60(69)62(77-65)64(71)72)76-59(68)53-50-47-44-41-37-33-24-21-18-15-12-9-6-3/h25-28,56,60-63,65,69-70H,4-24,29-55H2,1-3H3,(H,71,72)/b27-25-,28-26-. The molecule has 1 aliphatic rings. The first-order valence-electron chi connectivity index (χ1n) is 32.3. The van der Waals surface area contributed by atoms with Gasteiger partial charge in [0.2, 0.25) is 0 Å². The van der Waals surface area contributed by atoms with Crippen molar-refractivity contribution in [2.45, 2.75) is 353 Å². The third-order valence-corrected chi connectivity index (χ3v) is 15.0. The monoisotopic (exact) mass is 1090 g/mol. The average Bonchev–Trinajstić information content (AvgIpc) is 3.42. The third kappa shape index (κ3) is 43.7. The lowest BCUT2D eigenvalue weighted by Crippen LogP contribution is -2.61. The van der Waals surface area contributed by atoms with E-state index < -0.39 is 67.3 Å². The third-order valence-electron chi connectivity index (χ3n) is 15.0. The molecule has 1 heterocycles. The minimum absolute atomic E-state index is 0.0661. The smallest absolute Gasteiger partial charge is 0.335 e. The van der Waals surface area contributed by atoms with E-state index in [9.17, 15) is 34.5 Å². The number of carboxylic acid groups (broad SMARTS) is 1. The first kappa shape index (κ1) is 72.2. The molecule has 1 saturated heterocycles. The Morgan fingerprint density at radius 2 is 0.740 bits per heavy atom. The largest absolute Gasteiger partial charge is 0.479 e. The first-order valence-corrected chi connectivity index (χ1v) is 32.3. The van der Waals surface area contributed by atoms with Gasteiger partial charge in [-0.3, -0.25) is 14.4 Å². The highest BCUT2D eigenvalue weighted by atomic mass is 16.7. The van der Waals surface area contributed by atoms with Crippen molar-refractivity contribution in [2.75, 3.05) is 13.2 Å². The lowest BCUT2D eigenvalue weighted by atomic mass is 9.98. The summed E-state index contributed by atoms with van der Waals surface area (Å²) < 4.78 is 28.5. The maximum atomic E-state index is 13.2. The molecule has 0 saturated carbocycles. The van der Waals surface area contributed by atoms with Crippen LogP contribution in [0.15, 0.2) is 24.3 Å². The van der Waals surface area contributed by atoms with Gasteiger partial charge in [-0.1, -0.05) is 251 Å². The van der Waals surface area contributed by atoms with Gasteiger partial charge in [0, 0.05) is 19.3 Å². The van der Waals surface area contributed by atoms with Crippen molar-refractivity contribution in [3.63, 3.8) is 0 Å². The summed E-state index contributed by atoms with van der Waals surface area (Å²) in [6.07, 6.45) is 49.9. The summed E-state index contributed by atoms with van der Waals surface area (Å²) in [5.74, 6) is -3.09. The molecule has 0 aromatic rings. The van der Waals surface area contributed by atoms with E-state index in [1.165, 1.54) is 180 Å². The maximum absolute atomic E-state index is 13.2. The van der Waals surface area contributed by atoms with Crippen LogP contribution < -0.4 is 0 Å². The predicted octanol–water partition coefficient (Wildman–Crippen LogP) is 17.0. The Hall–Kier alpha value is -2.80. The number of esters is 3. The molecule has 0 bridgehead atoms. The fourth-order valence-corrected chi connectivity index (χ4v) is 10.0. The molecule has 3 N–H and O–H groups in total. The molecular formula is C65H118O12. The van der Waals surface area contributed by atoms with E-state index in [0.29, 0.717) is 19.3 Å². The molecule has 6 unspecified atom stereocenters. The summed E-state index contributed by atoms with van der Waals surface area (Å²) in [6, 6.07) is 0. The van der Waals surface area contributed by atoms with Crippen LogP contribution >= 0.6 is 0 Å². The number of hydrogen-bond acceptors (Lipinski definition) is 11. The molecule has 12 nitrogen and oxygen atoms in total. The number of ether oxygens (including phenoxy) is 5. The number of unbranched alkanes of at least 4 members (excludes halogenated alkanes) is 38. The van der Waals surface area contributed by atoms with Crippen LogP contribution in [-0.2, 0) is 42.9 Å². The van der Waals surface area contributed by atoms with Crippen molar-refractivity contribution in [1.82, 2.24) is 0 Å². The first-order chi connectivity index (χ1) is 37.6. The zero-order valence-electron chi connectivity index (χ0n) is 49.7. The van der Waals surface area contributed by atoms with Gasteiger partial charge in [0.1, 0.15) is 18.8 Å². The Bertz CT molecular complexity index is 1430. The van der Waals surface area contributed by atoms with Crippen LogP contribution in [0.2, 0.25) is 0 Å². The van der Waals surface area contributed by atoms with Gasteiger partial charge in [-0.2, -0.15) is 0 Å². The highest BCUT2D eigenvalue weighted by Crippen LogP contribution is 2.27. The Morgan fingerprint density at radius 3 is 1.10 bits per heavy atom. The van der Waals surface area contributed by atoms with Crippen LogP contribution in [0.1, 0.15) is 316 Å². The van der Waals surface area contributed by atoms with Crippen LogP contribution in [0.3, 0.4) is 0 Å². The lowest BCUT2D eigenvalue weighted by molar-refractivity contribution is -0.301. The molecule has 6 atom stereocenters. The Morgan fingerprint density at radius 1 is 0.416 bits per heavy atom. The van der Waals surface area contributed by atoms with Crippen molar-refractivity contribution >= 4 is 23.9 Å². The summed E-state index contributed by atoms with van der Waals surface area (Å²) in [4.78, 5) is 51.2. The van der Waals surface area contributed by atoms with Crippen LogP contribution in [-0.4, -0.2) is 89.2 Å². The highest BCUT2D eigenvalue weighted by molar-refractivity contribution is 5.74. The number of aliphatic hydroxyl groups is 2. The number of carbonyl (C=O) groups excluding carboxylic acids is 3. The van der Waals surface area contributed by atoms with Gasteiger partial charge < -0.3 is 39.0 Å². The second kappa shape index (κ2) is 53.8. The second-order valence-electron chi connectivity index (χ2n) is 22.4. The maximum Gasteiger partial charge on any atom is 0.335 e. The van der Waals surface area contributed by atoms with Gasteiger partial charge in [-0.15, -0.1) is 0 Å². The van der Waals surface area contributed by atoms with Gasteiger partial charge in [0.25, 0.3) is 0 Å². The number of rotatable bonds is 56. The van der Waals surface area contributed by atoms with Crippen LogP contribution in [0, 0.1) is 0 Å². The zero-order chi connectivity index (χ0) is 56.1. The topological polar surface area (TPSA) is 175 Å². The summed E-state index contributed by atoms with van der Waals surface area (Å²) >= 11 is 0. The summed E-state index contributed by atoms with van der Waals surface area (Å²) in [6.45, 7) is 6.02. The van der Waals surface area contributed by atoms with Crippen molar-refractivity contribution in [3.05, 3.63) is 24.3 Å². The van der Waals surface area contributed by atoms with E-state index in [-0.39, 0.29) is 25.9 Å². The summed E-state index contributed by atoms with van der Waals surface area (Å²) in [5.41, 5.74) is 0. The average molecular weight is 1090 g/mol. The lowest BCUT2D eigenvalue weighted by Gasteiger charge is -2.40. The van der Waals surface area contributed by atoms with Crippen molar-refractivity contribution in [3.8, 4) is 0 Å². The molecule has 0 aliphatic carbocycles. The number of allylic oxidation sites excluding steroid dienone is 4. The number of carbonyl (C=O) groups is 4. The number of aliphatic carboxylic acids is 1. The normalized spacial score (nSPS) is 18.1. The van der Waals surface area contributed by atoms with Crippen LogP contribution in [0.25, 0.3) is 0 Å². The summed E-state index contributed by atoms with van der Waals surface area (Å²) in [5, 5.41) is 31.5. The van der Waals surface area contributed by atoms with Crippen molar-refractivity contribution in [2.24, 2.45) is 0 Å². The van der Waals surface area contributed by atoms with Crippen LogP contribution in [0.5, 0.6) is 0 Å². The van der Waals surface area contributed by atoms with E-state index in [2.05, 4.69) is 45.1 Å². The van der Waals surface area contributed by atoms with E-state index in [1.54, 1.807) is 0 Å². The molecular weight excluding hydrogens is 973 g/mol. The second-order valence-corrected chi connectivity index (χ2v) is 22.4. The molecule has 0 aromatic heterocycles. The van der Waals surface area contributed by atoms with E-state index >= 15 is 0 Å². The number of aliphatic hydroxyl groups excluding tert-OH is 2. The molecule has 12 heteroatoms.